The molecule has 1 aliphatic rings. The molecule has 1 fully saturated rings. The van der Waals surface area contributed by atoms with Crippen LogP contribution in [0, 0.1) is 28.6 Å². The van der Waals surface area contributed by atoms with Crippen molar-refractivity contribution in [1.82, 2.24) is 4.90 Å². The number of nitriles is 1. The fraction of sp³-hybridized carbons (Fsp3) is 0.882. The summed E-state index contributed by atoms with van der Waals surface area (Å²) < 4.78 is 0. The van der Waals surface area contributed by atoms with Crippen LogP contribution in [0.3, 0.4) is 0 Å². The highest BCUT2D eigenvalue weighted by atomic mass is 16.2. The maximum Gasteiger partial charge on any atom is 0.228 e. The van der Waals surface area contributed by atoms with Crippen LogP contribution in [0.4, 0.5) is 0 Å². The molecule has 0 aromatic heterocycles. The molecule has 1 aliphatic carbocycles. The lowest BCUT2D eigenvalue weighted by atomic mass is 9.77. The molecule has 0 spiro atoms. The molecular formula is C17H30N2O. The van der Waals surface area contributed by atoms with E-state index in [4.69, 9.17) is 5.26 Å². The van der Waals surface area contributed by atoms with Gasteiger partial charge in [-0.2, -0.15) is 5.26 Å². The van der Waals surface area contributed by atoms with Gasteiger partial charge in [-0.15, -0.1) is 0 Å². The predicted octanol–water partition coefficient (Wildman–Crippen LogP) is 3.99. The van der Waals surface area contributed by atoms with Crippen molar-refractivity contribution in [1.29, 1.82) is 5.26 Å². The molecule has 1 saturated carbocycles. The largest absolute Gasteiger partial charge is 0.341 e. The van der Waals surface area contributed by atoms with Gasteiger partial charge < -0.3 is 4.90 Å². The van der Waals surface area contributed by atoms with E-state index >= 15 is 0 Å². The van der Waals surface area contributed by atoms with E-state index in [1.54, 1.807) is 0 Å². The second-order valence-electron chi connectivity index (χ2n) is 7.14. The van der Waals surface area contributed by atoms with Gasteiger partial charge in [0.05, 0.1) is 12.5 Å². The molecule has 0 unspecified atom stereocenters. The van der Waals surface area contributed by atoms with Crippen molar-refractivity contribution in [2.24, 2.45) is 17.3 Å². The van der Waals surface area contributed by atoms with Crippen molar-refractivity contribution < 1.29 is 4.79 Å². The Morgan fingerprint density at radius 2 is 1.80 bits per heavy atom. The van der Waals surface area contributed by atoms with Gasteiger partial charge in [0.2, 0.25) is 5.91 Å². The molecule has 20 heavy (non-hydrogen) atoms. The van der Waals surface area contributed by atoms with E-state index in [9.17, 15) is 4.79 Å². The first-order chi connectivity index (χ1) is 9.41. The second kappa shape index (κ2) is 7.67. The Balaban J connectivity index is 2.85. The summed E-state index contributed by atoms with van der Waals surface area (Å²) in [4.78, 5) is 15.0. The maximum absolute atomic E-state index is 13.1. The minimum Gasteiger partial charge on any atom is -0.341 e. The molecule has 3 heteroatoms. The standard InChI is InChI=1S/C17H30N2O/c1-14(2)12-17(8-5-6-9-17)16(20)19(11-7-10-18)13-15(3)4/h14-15H,5-9,11-13H2,1-4H3. The third-order valence-electron chi connectivity index (χ3n) is 4.18. The summed E-state index contributed by atoms with van der Waals surface area (Å²) in [7, 11) is 0. The highest BCUT2D eigenvalue weighted by Crippen LogP contribution is 2.44. The average Bonchev–Trinajstić information content (AvgIpc) is 2.82. The number of hydrogen-bond donors (Lipinski definition) is 0. The first-order valence-electron chi connectivity index (χ1n) is 8.07. The topological polar surface area (TPSA) is 44.1 Å². The summed E-state index contributed by atoms with van der Waals surface area (Å²) in [6, 6.07) is 2.18. The molecule has 1 rings (SSSR count). The van der Waals surface area contributed by atoms with Crippen molar-refractivity contribution in [3.8, 4) is 6.07 Å². The Bertz CT molecular complexity index is 348. The Morgan fingerprint density at radius 1 is 1.20 bits per heavy atom. The van der Waals surface area contributed by atoms with Gasteiger partial charge in [-0.1, -0.05) is 40.5 Å². The van der Waals surface area contributed by atoms with Crippen molar-refractivity contribution >= 4 is 5.91 Å². The zero-order chi connectivity index (χ0) is 15.2. The molecule has 0 N–H and O–H groups in total. The first-order valence-corrected chi connectivity index (χ1v) is 8.07. The minimum absolute atomic E-state index is 0.140. The van der Waals surface area contributed by atoms with Crippen LogP contribution in [0.15, 0.2) is 0 Å². The molecule has 0 atom stereocenters. The van der Waals surface area contributed by atoms with E-state index in [2.05, 4.69) is 33.8 Å². The summed E-state index contributed by atoms with van der Waals surface area (Å²) in [5.41, 5.74) is -0.140. The van der Waals surface area contributed by atoms with Crippen LogP contribution in [0.2, 0.25) is 0 Å². The monoisotopic (exact) mass is 278 g/mol. The van der Waals surface area contributed by atoms with E-state index < -0.39 is 0 Å². The highest BCUT2D eigenvalue weighted by molar-refractivity contribution is 5.83. The van der Waals surface area contributed by atoms with Gasteiger partial charge in [0.15, 0.2) is 0 Å². The molecule has 0 saturated heterocycles. The van der Waals surface area contributed by atoms with Gasteiger partial charge in [0, 0.05) is 18.5 Å². The average molecular weight is 278 g/mol. The summed E-state index contributed by atoms with van der Waals surface area (Å²) in [5, 5.41) is 8.82. The number of carbonyl (C=O) groups is 1. The van der Waals surface area contributed by atoms with Crippen LogP contribution >= 0.6 is 0 Å². The van der Waals surface area contributed by atoms with Crippen molar-refractivity contribution in [2.45, 2.75) is 66.2 Å². The fourth-order valence-electron chi connectivity index (χ4n) is 3.58. The predicted molar refractivity (Wildman–Crippen MR) is 82.0 cm³/mol. The van der Waals surface area contributed by atoms with Crippen molar-refractivity contribution in [2.75, 3.05) is 13.1 Å². The summed E-state index contributed by atoms with van der Waals surface area (Å²) >= 11 is 0. The molecule has 0 heterocycles. The van der Waals surface area contributed by atoms with Crippen LogP contribution in [0.25, 0.3) is 0 Å². The van der Waals surface area contributed by atoms with Crippen LogP contribution in [-0.4, -0.2) is 23.9 Å². The number of amides is 1. The van der Waals surface area contributed by atoms with E-state index in [1.807, 2.05) is 4.90 Å². The molecule has 3 nitrogen and oxygen atoms in total. The van der Waals surface area contributed by atoms with Crippen molar-refractivity contribution in [3.05, 3.63) is 0 Å². The molecule has 0 aromatic rings. The van der Waals surface area contributed by atoms with Gasteiger partial charge in [-0.3, -0.25) is 4.79 Å². The molecule has 0 bridgehead atoms. The van der Waals surface area contributed by atoms with Gasteiger partial charge in [0.25, 0.3) is 0 Å². The Morgan fingerprint density at radius 3 is 2.25 bits per heavy atom. The summed E-state index contributed by atoms with van der Waals surface area (Å²) in [5.74, 6) is 1.32. The van der Waals surface area contributed by atoms with E-state index in [1.165, 1.54) is 12.8 Å². The van der Waals surface area contributed by atoms with Gasteiger partial charge >= 0.3 is 0 Å². The zero-order valence-electron chi connectivity index (χ0n) is 13.6. The normalized spacial score (nSPS) is 17.4. The molecule has 114 valence electrons. The molecule has 1 amide bonds. The fourth-order valence-corrected chi connectivity index (χ4v) is 3.58. The molecule has 0 radical (unpaired) electrons. The lowest BCUT2D eigenvalue weighted by molar-refractivity contribution is -0.143. The summed E-state index contributed by atoms with van der Waals surface area (Å²) in [6.07, 6.45) is 5.85. The lowest BCUT2D eigenvalue weighted by Gasteiger charge is -2.36. The third-order valence-corrected chi connectivity index (χ3v) is 4.18. The van der Waals surface area contributed by atoms with Crippen LogP contribution in [0.5, 0.6) is 0 Å². The zero-order valence-corrected chi connectivity index (χ0v) is 13.6. The third kappa shape index (κ3) is 4.51. The maximum atomic E-state index is 13.1. The molecular weight excluding hydrogens is 248 g/mol. The van der Waals surface area contributed by atoms with Gasteiger partial charge in [-0.25, -0.2) is 0 Å². The molecule has 0 aliphatic heterocycles. The van der Waals surface area contributed by atoms with Gasteiger partial charge in [0.1, 0.15) is 0 Å². The Hall–Kier alpha value is -1.04. The number of nitrogens with zero attached hydrogens (tertiary/aromatic N) is 2. The lowest BCUT2D eigenvalue weighted by Crippen LogP contribution is -2.45. The van der Waals surface area contributed by atoms with E-state index in [0.29, 0.717) is 30.7 Å². The van der Waals surface area contributed by atoms with Crippen LogP contribution in [-0.2, 0) is 4.79 Å². The van der Waals surface area contributed by atoms with Crippen LogP contribution < -0.4 is 0 Å². The Kier molecular flexibility index (Phi) is 6.52. The first kappa shape index (κ1) is 17.0. The van der Waals surface area contributed by atoms with Gasteiger partial charge in [-0.05, 0) is 31.1 Å². The van der Waals surface area contributed by atoms with Crippen LogP contribution in [0.1, 0.15) is 66.2 Å². The minimum atomic E-state index is -0.140. The van der Waals surface area contributed by atoms with E-state index in [-0.39, 0.29) is 5.41 Å². The Labute approximate surface area is 124 Å². The second-order valence-corrected chi connectivity index (χ2v) is 7.14. The quantitative estimate of drug-likeness (QED) is 0.706. The molecule has 0 aromatic carbocycles. The number of rotatable bonds is 7. The SMILES string of the molecule is CC(C)CN(CCC#N)C(=O)C1(CC(C)C)CCCC1. The van der Waals surface area contributed by atoms with Crippen molar-refractivity contribution in [3.63, 3.8) is 0 Å². The smallest absolute Gasteiger partial charge is 0.228 e. The van der Waals surface area contributed by atoms with E-state index in [0.717, 1.165) is 25.8 Å². The highest BCUT2D eigenvalue weighted by Gasteiger charge is 2.43. The number of carbonyl (C=O) groups excluding carboxylic acids is 1. The summed E-state index contributed by atoms with van der Waals surface area (Å²) in [6.45, 7) is 10.0. The number of hydrogen-bond acceptors (Lipinski definition) is 2.